The Hall–Kier alpha value is -2.99. The molecule has 1 heterocycles. The zero-order valence-corrected chi connectivity index (χ0v) is 16.5. The van der Waals surface area contributed by atoms with Crippen molar-refractivity contribution in [3.63, 3.8) is 0 Å². The summed E-state index contributed by atoms with van der Waals surface area (Å²) < 4.78 is 10.8. The second-order valence-electron chi connectivity index (χ2n) is 6.78. The third-order valence-corrected chi connectivity index (χ3v) is 5.05. The molecule has 0 aliphatic heterocycles. The number of methoxy groups -OCH3 is 2. The molecule has 0 atom stereocenters. The quantitative estimate of drug-likeness (QED) is 0.509. The van der Waals surface area contributed by atoms with Gasteiger partial charge in [-0.15, -0.1) is 0 Å². The SMILES string of the molecule is COc1ccc(-c2[nH]c3c(C)ccc(C(=O)O)c3c2CCCCN)cc1OC. The summed E-state index contributed by atoms with van der Waals surface area (Å²) in [5.41, 5.74) is 10.7. The van der Waals surface area contributed by atoms with Crippen molar-refractivity contribution in [2.24, 2.45) is 5.73 Å². The van der Waals surface area contributed by atoms with Crippen molar-refractivity contribution < 1.29 is 19.4 Å². The highest BCUT2D eigenvalue weighted by Crippen LogP contribution is 2.38. The fourth-order valence-electron chi connectivity index (χ4n) is 3.62. The molecule has 0 radical (unpaired) electrons. The van der Waals surface area contributed by atoms with Gasteiger partial charge >= 0.3 is 5.97 Å². The van der Waals surface area contributed by atoms with Crippen molar-refractivity contribution >= 4 is 16.9 Å². The summed E-state index contributed by atoms with van der Waals surface area (Å²) in [4.78, 5) is 15.3. The van der Waals surface area contributed by atoms with Crippen LogP contribution >= 0.6 is 0 Å². The molecule has 0 saturated carbocycles. The van der Waals surface area contributed by atoms with Gasteiger partial charge in [0.2, 0.25) is 0 Å². The summed E-state index contributed by atoms with van der Waals surface area (Å²) in [6, 6.07) is 9.23. The Morgan fingerprint density at radius 2 is 1.86 bits per heavy atom. The van der Waals surface area contributed by atoms with Gasteiger partial charge in [0.05, 0.1) is 19.8 Å². The number of ether oxygens (including phenoxy) is 2. The Labute approximate surface area is 164 Å². The molecule has 4 N–H and O–H groups in total. The Morgan fingerprint density at radius 3 is 2.50 bits per heavy atom. The molecule has 1 aromatic heterocycles. The topological polar surface area (TPSA) is 97.6 Å². The van der Waals surface area contributed by atoms with Crippen LogP contribution in [0.25, 0.3) is 22.2 Å². The number of fused-ring (bicyclic) bond motifs is 1. The first-order valence-electron chi connectivity index (χ1n) is 9.31. The van der Waals surface area contributed by atoms with Gasteiger partial charge in [-0.1, -0.05) is 6.07 Å². The molecule has 0 spiro atoms. The second-order valence-corrected chi connectivity index (χ2v) is 6.78. The number of carbonyl (C=O) groups is 1. The normalized spacial score (nSPS) is 11.0. The molecule has 0 unspecified atom stereocenters. The number of aromatic nitrogens is 1. The monoisotopic (exact) mass is 382 g/mol. The van der Waals surface area contributed by atoms with Crippen LogP contribution in [0.15, 0.2) is 30.3 Å². The molecule has 6 nitrogen and oxygen atoms in total. The van der Waals surface area contributed by atoms with Gasteiger partial charge in [-0.2, -0.15) is 0 Å². The van der Waals surface area contributed by atoms with Crippen molar-refractivity contribution in [3.05, 3.63) is 47.0 Å². The van der Waals surface area contributed by atoms with Crippen molar-refractivity contribution in [2.45, 2.75) is 26.2 Å². The number of carboxylic acids is 1. The predicted octanol–water partition coefficient (Wildman–Crippen LogP) is 4.14. The number of nitrogens with two attached hydrogens (primary N) is 1. The van der Waals surface area contributed by atoms with E-state index in [4.69, 9.17) is 15.2 Å². The lowest BCUT2D eigenvalue weighted by Crippen LogP contribution is -2.01. The van der Waals surface area contributed by atoms with Crippen LogP contribution in [0.3, 0.4) is 0 Å². The molecule has 0 aliphatic rings. The van der Waals surface area contributed by atoms with Gasteiger partial charge in [-0.3, -0.25) is 0 Å². The van der Waals surface area contributed by atoms with Crippen molar-refractivity contribution in [3.8, 4) is 22.8 Å². The molecule has 0 bridgehead atoms. The second kappa shape index (κ2) is 8.35. The van der Waals surface area contributed by atoms with E-state index < -0.39 is 5.97 Å². The van der Waals surface area contributed by atoms with E-state index in [2.05, 4.69) is 4.98 Å². The maximum Gasteiger partial charge on any atom is 0.336 e. The molecule has 2 aromatic carbocycles. The summed E-state index contributed by atoms with van der Waals surface area (Å²) in [6.45, 7) is 2.59. The molecule has 6 heteroatoms. The highest BCUT2D eigenvalue weighted by molar-refractivity contribution is 6.07. The number of unbranched alkanes of at least 4 members (excludes halogenated alkanes) is 1. The zero-order valence-electron chi connectivity index (χ0n) is 16.5. The van der Waals surface area contributed by atoms with Gasteiger partial charge in [0.25, 0.3) is 0 Å². The summed E-state index contributed by atoms with van der Waals surface area (Å²) >= 11 is 0. The van der Waals surface area contributed by atoms with E-state index in [0.717, 1.165) is 52.5 Å². The lowest BCUT2D eigenvalue weighted by Gasteiger charge is -2.11. The summed E-state index contributed by atoms with van der Waals surface area (Å²) in [6.07, 6.45) is 2.51. The maximum absolute atomic E-state index is 11.9. The number of H-pyrrole nitrogens is 1. The van der Waals surface area contributed by atoms with Crippen LogP contribution < -0.4 is 15.2 Å². The lowest BCUT2D eigenvalue weighted by atomic mass is 9.96. The Balaban J connectivity index is 2.26. The van der Waals surface area contributed by atoms with Crippen LogP contribution in [-0.4, -0.2) is 36.8 Å². The highest BCUT2D eigenvalue weighted by atomic mass is 16.5. The number of hydrogen-bond acceptors (Lipinski definition) is 4. The van der Waals surface area contributed by atoms with Crippen molar-refractivity contribution in [1.29, 1.82) is 0 Å². The fourth-order valence-corrected chi connectivity index (χ4v) is 3.62. The number of rotatable bonds is 8. The minimum Gasteiger partial charge on any atom is -0.493 e. The van der Waals surface area contributed by atoms with Crippen LogP contribution in [0.1, 0.15) is 34.3 Å². The Kier molecular flexibility index (Phi) is 5.90. The van der Waals surface area contributed by atoms with Crippen LogP contribution in [0.5, 0.6) is 11.5 Å². The average molecular weight is 382 g/mol. The van der Waals surface area contributed by atoms with Crippen LogP contribution in [0.2, 0.25) is 0 Å². The third-order valence-electron chi connectivity index (χ3n) is 5.05. The Morgan fingerprint density at radius 1 is 1.11 bits per heavy atom. The first-order chi connectivity index (χ1) is 13.5. The van der Waals surface area contributed by atoms with E-state index in [-0.39, 0.29) is 0 Å². The van der Waals surface area contributed by atoms with Crippen molar-refractivity contribution in [1.82, 2.24) is 4.98 Å². The molecule has 148 valence electrons. The number of aromatic amines is 1. The standard InChI is InChI=1S/C22H26N2O4/c1-13-7-9-16(22(25)26)19-15(6-4-5-11-23)21(24-20(13)19)14-8-10-17(27-2)18(12-14)28-3/h7-10,12,24H,4-6,11,23H2,1-3H3,(H,25,26). The highest BCUT2D eigenvalue weighted by Gasteiger charge is 2.21. The van der Waals surface area contributed by atoms with Crippen LogP contribution in [0.4, 0.5) is 0 Å². The molecule has 3 rings (SSSR count). The van der Waals surface area contributed by atoms with E-state index in [1.165, 1.54) is 0 Å². The minimum absolute atomic E-state index is 0.311. The molecule has 0 amide bonds. The van der Waals surface area contributed by atoms with Gasteiger partial charge < -0.3 is 25.3 Å². The van der Waals surface area contributed by atoms with Gasteiger partial charge in [-0.05, 0) is 68.1 Å². The van der Waals surface area contributed by atoms with Crippen LogP contribution in [-0.2, 0) is 6.42 Å². The largest absolute Gasteiger partial charge is 0.493 e. The number of hydrogen-bond donors (Lipinski definition) is 3. The maximum atomic E-state index is 11.9. The predicted molar refractivity (Wildman–Crippen MR) is 111 cm³/mol. The summed E-state index contributed by atoms with van der Waals surface area (Å²) in [5, 5.41) is 10.5. The number of nitrogens with one attached hydrogen (secondary N) is 1. The smallest absolute Gasteiger partial charge is 0.336 e. The van der Waals surface area contributed by atoms with Crippen LogP contribution in [0, 0.1) is 6.92 Å². The van der Waals surface area contributed by atoms with E-state index in [1.807, 2.05) is 31.2 Å². The first kappa shape index (κ1) is 19.8. The van der Waals surface area contributed by atoms with E-state index in [9.17, 15) is 9.90 Å². The zero-order chi connectivity index (χ0) is 20.3. The van der Waals surface area contributed by atoms with E-state index in [0.29, 0.717) is 23.6 Å². The Bertz CT molecular complexity index is 1010. The lowest BCUT2D eigenvalue weighted by molar-refractivity contribution is 0.0699. The van der Waals surface area contributed by atoms with Gasteiger partial charge in [0, 0.05) is 22.2 Å². The van der Waals surface area contributed by atoms with Gasteiger partial charge in [-0.25, -0.2) is 4.79 Å². The molecule has 0 fully saturated rings. The third kappa shape index (κ3) is 3.55. The number of aryl methyl sites for hydroxylation is 2. The van der Waals surface area contributed by atoms with Gasteiger partial charge in [0.15, 0.2) is 11.5 Å². The summed E-state index contributed by atoms with van der Waals surface area (Å²) in [5.74, 6) is 0.346. The van der Waals surface area contributed by atoms with E-state index in [1.54, 1.807) is 20.3 Å². The molecule has 0 saturated heterocycles. The summed E-state index contributed by atoms with van der Waals surface area (Å²) in [7, 11) is 3.20. The molecule has 28 heavy (non-hydrogen) atoms. The van der Waals surface area contributed by atoms with E-state index >= 15 is 0 Å². The fraction of sp³-hybridized carbons (Fsp3) is 0.318. The van der Waals surface area contributed by atoms with Crippen molar-refractivity contribution in [2.75, 3.05) is 20.8 Å². The number of aromatic carboxylic acids is 1. The minimum atomic E-state index is -0.928. The number of carboxylic acid groups (broad SMARTS) is 1. The number of benzene rings is 2. The average Bonchev–Trinajstić information content (AvgIpc) is 3.08. The molecular formula is C22H26N2O4. The molecular weight excluding hydrogens is 356 g/mol. The molecule has 0 aliphatic carbocycles. The first-order valence-corrected chi connectivity index (χ1v) is 9.31. The van der Waals surface area contributed by atoms with Gasteiger partial charge in [0.1, 0.15) is 0 Å². The molecule has 3 aromatic rings.